The fourth-order valence-corrected chi connectivity index (χ4v) is 3.09. The Morgan fingerprint density at radius 2 is 1.58 bits per heavy atom. The van der Waals surface area contributed by atoms with E-state index in [1.807, 2.05) is 48.5 Å². The van der Waals surface area contributed by atoms with Crippen LogP contribution in [0.3, 0.4) is 0 Å². The van der Waals surface area contributed by atoms with Crippen molar-refractivity contribution in [2.45, 2.75) is 0 Å². The fraction of sp³-hybridized carbons (Fsp3) is 0.167. The van der Waals surface area contributed by atoms with Gasteiger partial charge in [0.25, 0.3) is 5.91 Å². The molecule has 0 unspecified atom stereocenters. The predicted octanol–water partition coefficient (Wildman–Crippen LogP) is 3.69. The highest BCUT2D eigenvalue weighted by atomic mass is 16.6. The Hall–Kier alpha value is -4.00. The maximum atomic E-state index is 12.1. The summed E-state index contributed by atoms with van der Waals surface area (Å²) in [6.45, 7) is 0.222. The van der Waals surface area contributed by atoms with Crippen LogP contribution < -0.4 is 19.5 Å². The van der Waals surface area contributed by atoms with Crippen molar-refractivity contribution in [3.63, 3.8) is 0 Å². The quantitative estimate of drug-likeness (QED) is 0.588. The number of ether oxygens (including phenoxy) is 4. The minimum absolute atomic E-state index is 0.304. The highest BCUT2D eigenvalue weighted by molar-refractivity contribution is 5.93. The molecule has 0 bridgehead atoms. The van der Waals surface area contributed by atoms with Crippen LogP contribution in [0.2, 0.25) is 0 Å². The summed E-state index contributed by atoms with van der Waals surface area (Å²) in [5.41, 5.74) is 2.37. The third-order valence-corrected chi connectivity index (χ3v) is 4.51. The average molecular weight is 419 g/mol. The number of carbonyl (C=O) groups excluding carboxylic acids is 2. The third kappa shape index (κ3) is 5.33. The van der Waals surface area contributed by atoms with Gasteiger partial charge in [-0.25, -0.2) is 4.79 Å². The first-order valence-corrected chi connectivity index (χ1v) is 9.81. The summed E-state index contributed by atoms with van der Waals surface area (Å²) in [7, 11) is 0. The van der Waals surface area contributed by atoms with Gasteiger partial charge in [-0.15, -0.1) is 0 Å². The van der Waals surface area contributed by atoms with Gasteiger partial charge in [0.2, 0.25) is 0 Å². The molecule has 4 rings (SSSR count). The van der Waals surface area contributed by atoms with Crippen LogP contribution in [0.4, 0.5) is 5.69 Å². The van der Waals surface area contributed by atoms with Gasteiger partial charge in [0, 0.05) is 17.3 Å². The van der Waals surface area contributed by atoms with Crippen LogP contribution in [0.15, 0.2) is 72.8 Å². The van der Waals surface area contributed by atoms with Gasteiger partial charge in [-0.05, 0) is 23.8 Å². The van der Waals surface area contributed by atoms with E-state index in [1.165, 1.54) is 0 Å². The Kier molecular flexibility index (Phi) is 6.32. The molecule has 0 radical (unpaired) electrons. The molecule has 1 N–H and O–H groups in total. The van der Waals surface area contributed by atoms with Crippen molar-refractivity contribution in [1.82, 2.24) is 0 Å². The summed E-state index contributed by atoms with van der Waals surface area (Å²) in [5, 5.41) is 2.66. The summed E-state index contributed by atoms with van der Waals surface area (Å²) in [6, 6.07) is 22.2. The van der Waals surface area contributed by atoms with Crippen LogP contribution in [0.1, 0.15) is 0 Å². The maximum Gasteiger partial charge on any atom is 0.344 e. The number of benzene rings is 3. The van der Waals surface area contributed by atoms with Crippen LogP contribution in [0.25, 0.3) is 11.1 Å². The van der Waals surface area contributed by atoms with E-state index < -0.39 is 18.5 Å². The van der Waals surface area contributed by atoms with Crippen molar-refractivity contribution >= 4 is 17.6 Å². The second-order valence-corrected chi connectivity index (χ2v) is 6.72. The molecule has 1 heterocycles. The lowest BCUT2D eigenvalue weighted by atomic mass is 10.1. The Bertz CT molecular complexity index is 1070. The largest absolute Gasteiger partial charge is 0.486 e. The second kappa shape index (κ2) is 9.67. The SMILES string of the molecule is O=C(COC(=O)COc1ccccc1-c1ccccc1)Nc1ccc2c(c1)OCCO2. The van der Waals surface area contributed by atoms with Crippen molar-refractivity contribution in [3.8, 4) is 28.4 Å². The summed E-state index contributed by atoms with van der Waals surface area (Å²) >= 11 is 0. The molecule has 0 spiro atoms. The van der Waals surface area contributed by atoms with E-state index >= 15 is 0 Å². The Morgan fingerprint density at radius 1 is 0.839 bits per heavy atom. The molecule has 1 amide bonds. The van der Waals surface area contributed by atoms with Crippen molar-refractivity contribution < 1.29 is 28.5 Å². The average Bonchev–Trinajstić information content (AvgIpc) is 2.82. The summed E-state index contributed by atoms with van der Waals surface area (Å²) in [5.74, 6) is 0.649. The zero-order chi connectivity index (χ0) is 21.5. The number of fused-ring (bicyclic) bond motifs is 1. The highest BCUT2D eigenvalue weighted by Gasteiger charge is 2.14. The summed E-state index contributed by atoms with van der Waals surface area (Å²) in [6.07, 6.45) is 0. The number of nitrogens with one attached hydrogen (secondary N) is 1. The number of esters is 1. The van der Waals surface area contributed by atoms with Crippen LogP contribution in [-0.2, 0) is 14.3 Å². The number of hydrogen-bond acceptors (Lipinski definition) is 6. The second-order valence-electron chi connectivity index (χ2n) is 6.72. The van der Waals surface area contributed by atoms with E-state index in [0.717, 1.165) is 11.1 Å². The molecule has 7 heteroatoms. The van der Waals surface area contributed by atoms with Gasteiger partial charge in [-0.2, -0.15) is 0 Å². The Balaban J connectivity index is 1.27. The normalized spacial score (nSPS) is 12.0. The smallest absolute Gasteiger partial charge is 0.344 e. The lowest BCUT2D eigenvalue weighted by Gasteiger charge is -2.19. The van der Waals surface area contributed by atoms with Crippen LogP contribution in [0, 0.1) is 0 Å². The monoisotopic (exact) mass is 419 g/mol. The Morgan fingerprint density at radius 3 is 2.42 bits per heavy atom. The number of carbonyl (C=O) groups is 2. The Labute approximate surface area is 179 Å². The molecule has 0 saturated heterocycles. The van der Waals surface area contributed by atoms with Gasteiger partial charge in [0.1, 0.15) is 19.0 Å². The van der Waals surface area contributed by atoms with Gasteiger partial charge >= 0.3 is 5.97 Å². The van der Waals surface area contributed by atoms with Gasteiger partial charge < -0.3 is 24.3 Å². The molecule has 7 nitrogen and oxygen atoms in total. The van der Waals surface area contributed by atoms with Crippen LogP contribution in [0.5, 0.6) is 17.2 Å². The summed E-state index contributed by atoms with van der Waals surface area (Å²) < 4.78 is 21.6. The first-order valence-electron chi connectivity index (χ1n) is 9.81. The number of hydrogen-bond donors (Lipinski definition) is 1. The number of anilines is 1. The minimum Gasteiger partial charge on any atom is -0.486 e. The molecule has 0 atom stereocenters. The maximum absolute atomic E-state index is 12.1. The van der Waals surface area contributed by atoms with E-state index in [4.69, 9.17) is 18.9 Å². The lowest BCUT2D eigenvalue weighted by molar-refractivity contribution is -0.149. The molecule has 3 aromatic rings. The van der Waals surface area contributed by atoms with Crippen molar-refractivity contribution in [1.29, 1.82) is 0 Å². The standard InChI is InChI=1S/C24H21NO6/c26-23(25-18-10-11-21-22(14-18)29-13-12-28-21)15-31-24(27)16-30-20-9-5-4-8-19(20)17-6-2-1-3-7-17/h1-11,14H,12-13,15-16H2,(H,25,26). The van der Waals surface area contributed by atoms with Gasteiger partial charge in [0.05, 0.1) is 0 Å². The molecule has 3 aromatic carbocycles. The molecule has 0 aliphatic carbocycles. The van der Waals surface area contributed by atoms with Crippen LogP contribution in [-0.4, -0.2) is 38.3 Å². The van der Waals surface area contributed by atoms with E-state index in [1.54, 1.807) is 24.3 Å². The van der Waals surface area contributed by atoms with Gasteiger partial charge in [-0.1, -0.05) is 48.5 Å². The van der Waals surface area contributed by atoms with Crippen molar-refractivity contribution in [2.24, 2.45) is 0 Å². The molecular weight excluding hydrogens is 398 g/mol. The predicted molar refractivity (Wildman–Crippen MR) is 114 cm³/mol. The molecular formula is C24H21NO6. The first-order chi connectivity index (χ1) is 15.2. The van der Waals surface area contributed by atoms with Gasteiger partial charge in [0.15, 0.2) is 24.7 Å². The summed E-state index contributed by atoms with van der Waals surface area (Å²) in [4.78, 5) is 24.1. The number of para-hydroxylation sites is 1. The fourth-order valence-electron chi connectivity index (χ4n) is 3.09. The molecule has 1 aliphatic heterocycles. The highest BCUT2D eigenvalue weighted by Crippen LogP contribution is 2.32. The molecule has 0 fully saturated rings. The van der Waals surface area contributed by atoms with E-state index in [-0.39, 0.29) is 6.61 Å². The molecule has 0 saturated carbocycles. The zero-order valence-corrected chi connectivity index (χ0v) is 16.7. The third-order valence-electron chi connectivity index (χ3n) is 4.51. The molecule has 158 valence electrons. The molecule has 1 aliphatic rings. The van der Waals surface area contributed by atoms with Gasteiger partial charge in [-0.3, -0.25) is 4.79 Å². The minimum atomic E-state index is -0.639. The molecule has 0 aromatic heterocycles. The van der Waals surface area contributed by atoms with E-state index in [9.17, 15) is 9.59 Å². The van der Waals surface area contributed by atoms with Crippen molar-refractivity contribution in [3.05, 3.63) is 72.8 Å². The molecule has 31 heavy (non-hydrogen) atoms. The zero-order valence-electron chi connectivity index (χ0n) is 16.7. The number of rotatable bonds is 7. The van der Waals surface area contributed by atoms with Crippen LogP contribution >= 0.6 is 0 Å². The topological polar surface area (TPSA) is 83.1 Å². The number of amides is 1. The lowest BCUT2D eigenvalue weighted by Crippen LogP contribution is -2.24. The van der Waals surface area contributed by atoms with Crippen molar-refractivity contribution in [2.75, 3.05) is 31.7 Å². The first kappa shape index (κ1) is 20.3. The van der Waals surface area contributed by atoms with E-state index in [0.29, 0.717) is 36.1 Å². The van der Waals surface area contributed by atoms with E-state index in [2.05, 4.69) is 5.32 Å².